The van der Waals surface area contributed by atoms with Gasteiger partial charge in [-0.25, -0.2) is 4.79 Å². The third-order valence-electron chi connectivity index (χ3n) is 6.42. The number of rotatable bonds is 25. The molecule has 0 unspecified atom stereocenters. The highest BCUT2D eigenvalue weighted by molar-refractivity contribution is 5.66. The summed E-state index contributed by atoms with van der Waals surface area (Å²) < 4.78 is 0. The standard InChI is InChI=1S/C28H56O2.CH2O3/c1-27(2)25-23-21-19-17-15-13-11-9-7-5-3-4-6-8-10-12-14-16-18-20-22-24-26-28(29)30;2-1(3)4/h27H,3-26H2,1-2H3,(H,29,30);(H2,2,3,4). The fourth-order valence-corrected chi connectivity index (χ4v) is 4.36. The second-order valence-electron chi connectivity index (χ2n) is 10.4. The van der Waals surface area contributed by atoms with E-state index >= 15 is 0 Å². The first-order chi connectivity index (χ1) is 16.4. The maximum Gasteiger partial charge on any atom is 0.503 e. The van der Waals surface area contributed by atoms with E-state index in [-0.39, 0.29) is 0 Å². The van der Waals surface area contributed by atoms with Crippen LogP contribution in [0.2, 0.25) is 0 Å². The van der Waals surface area contributed by atoms with E-state index in [2.05, 4.69) is 13.8 Å². The minimum absolute atomic E-state index is 0.346. The molecule has 5 nitrogen and oxygen atoms in total. The highest BCUT2D eigenvalue weighted by Gasteiger charge is 1.98. The summed E-state index contributed by atoms with van der Waals surface area (Å²) in [6.07, 6.45) is 30.2. The number of aliphatic carboxylic acids is 1. The van der Waals surface area contributed by atoms with E-state index in [0.29, 0.717) is 6.42 Å². The predicted octanol–water partition coefficient (Wildman–Crippen LogP) is 10.3. The van der Waals surface area contributed by atoms with Gasteiger partial charge in [0.05, 0.1) is 0 Å². The first-order valence-electron chi connectivity index (χ1n) is 14.5. The van der Waals surface area contributed by atoms with Crippen molar-refractivity contribution >= 4 is 12.1 Å². The lowest BCUT2D eigenvalue weighted by Crippen LogP contribution is -1.93. The molecule has 204 valence electrons. The highest BCUT2D eigenvalue weighted by atomic mass is 16.6. The van der Waals surface area contributed by atoms with Crippen molar-refractivity contribution in [3.63, 3.8) is 0 Å². The van der Waals surface area contributed by atoms with Gasteiger partial charge in [0.15, 0.2) is 0 Å². The molecule has 0 saturated heterocycles. The summed E-state index contributed by atoms with van der Waals surface area (Å²) in [7, 11) is 0. The molecule has 0 aromatic heterocycles. The van der Waals surface area contributed by atoms with Crippen LogP contribution in [0.5, 0.6) is 0 Å². The van der Waals surface area contributed by atoms with Gasteiger partial charge in [-0.3, -0.25) is 4.79 Å². The van der Waals surface area contributed by atoms with Crippen molar-refractivity contribution < 1.29 is 24.9 Å². The molecule has 0 aliphatic rings. The molecular formula is C29H58O5. The van der Waals surface area contributed by atoms with E-state index in [1.807, 2.05) is 0 Å². The topological polar surface area (TPSA) is 94.8 Å². The summed E-state index contributed by atoms with van der Waals surface area (Å²) in [5.41, 5.74) is 0. The maximum absolute atomic E-state index is 10.4. The van der Waals surface area contributed by atoms with Gasteiger partial charge in [0.1, 0.15) is 0 Å². The average Bonchev–Trinajstić information content (AvgIpc) is 2.76. The van der Waals surface area contributed by atoms with Crippen LogP contribution in [0.1, 0.15) is 168 Å². The van der Waals surface area contributed by atoms with E-state index in [1.54, 1.807) is 0 Å². The summed E-state index contributed by atoms with van der Waals surface area (Å²) >= 11 is 0. The van der Waals surface area contributed by atoms with E-state index in [0.717, 1.165) is 18.8 Å². The lowest BCUT2D eigenvalue weighted by molar-refractivity contribution is -0.137. The molecule has 3 N–H and O–H groups in total. The number of carbonyl (C=O) groups is 2. The van der Waals surface area contributed by atoms with Crippen LogP contribution in [0.4, 0.5) is 4.79 Å². The molecule has 0 fully saturated rings. The average molecular weight is 487 g/mol. The largest absolute Gasteiger partial charge is 0.503 e. The van der Waals surface area contributed by atoms with Crippen molar-refractivity contribution in [1.29, 1.82) is 0 Å². The van der Waals surface area contributed by atoms with Crippen LogP contribution in [0.15, 0.2) is 0 Å². The molecule has 0 heterocycles. The van der Waals surface area contributed by atoms with Crippen molar-refractivity contribution in [2.75, 3.05) is 0 Å². The van der Waals surface area contributed by atoms with Crippen LogP contribution in [-0.2, 0) is 4.79 Å². The normalized spacial score (nSPS) is 10.8. The fourth-order valence-electron chi connectivity index (χ4n) is 4.36. The molecule has 0 aliphatic heterocycles. The van der Waals surface area contributed by atoms with Gasteiger partial charge >= 0.3 is 12.1 Å². The van der Waals surface area contributed by atoms with Gasteiger partial charge in [-0.05, 0) is 12.3 Å². The Morgan fingerprint density at radius 2 is 0.647 bits per heavy atom. The van der Waals surface area contributed by atoms with Crippen LogP contribution >= 0.6 is 0 Å². The highest BCUT2D eigenvalue weighted by Crippen LogP contribution is 2.16. The zero-order chi connectivity index (χ0) is 25.7. The monoisotopic (exact) mass is 486 g/mol. The first-order valence-corrected chi connectivity index (χ1v) is 14.5. The van der Waals surface area contributed by atoms with Crippen molar-refractivity contribution in [1.82, 2.24) is 0 Å². The third-order valence-corrected chi connectivity index (χ3v) is 6.42. The molecular weight excluding hydrogens is 428 g/mol. The van der Waals surface area contributed by atoms with Gasteiger partial charge in [0, 0.05) is 6.42 Å². The van der Waals surface area contributed by atoms with Gasteiger partial charge in [0.2, 0.25) is 0 Å². The van der Waals surface area contributed by atoms with Gasteiger partial charge < -0.3 is 15.3 Å². The van der Waals surface area contributed by atoms with Gasteiger partial charge in [0.25, 0.3) is 0 Å². The molecule has 0 radical (unpaired) electrons. The Morgan fingerprint density at radius 1 is 0.441 bits per heavy atom. The Labute approximate surface area is 211 Å². The lowest BCUT2D eigenvalue weighted by atomic mass is 10.0. The maximum atomic E-state index is 10.4. The Morgan fingerprint density at radius 3 is 0.853 bits per heavy atom. The number of carboxylic acids is 1. The second-order valence-corrected chi connectivity index (χ2v) is 10.4. The SMILES string of the molecule is CC(C)CCCCCCCCCCCCCCCCCCCCCCCCC(=O)O.O=C(O)O. The van der Waals surface area contributed by atoms with Crippen molar-refractivity contribution in [3.8, 4) is 0 Å². The van der Waals surface area contributed by atoms with Crippen molar-refractivity contribution in [2.24, 2.45) is 5.92 Å². The Bertz CT molecular complexity index is 419. The molecule has 5 heteroatoms. The summed E-state index contributed by atoms with van der Waals surface area (Å²) in [6, 6.07) is 0. The summed E-state index contributed by atoms with van der Waals surface area (Å²) in [5.74, 6) is 0.235. The predicted molar refractivity (Wildman–Crippen MR) is 144 cm³/mol. The summed E-state index contributed by atoms with van der Waals surface area (Å²) in [4.78, 5) is 19.0. The van der Waals surface area contributed by atoms with E-state index < -0.39 is 12.1 Å². The first kappa shape index (κ1) is 34.9. The molecule has 0 bridgehead atoms. The van der Waals surface area contributed by atoms with Gasteiger partial charge in [-0.2, -0.15) is 0 Å². The van der Waals surface area contributed by atoms with E-state index in [9.17, 15) is 4.79 Å². The zero-order valence-electron chi connectivity index (χ0n) is 22.7. The number of unbranched alkanes of at least 4 members (excludes halogenated alkanes) is 21. The van der Waals surface area contributed by atoms with Crippen LogP contribution < -0.4 is 0 Å². The molecule has 0 amide bonds. The minimum Gasteiger partial charge on any atom is -0.481 e. The zero-order valence-corrected chi connectivity index (χ0v) is 22.7. The van der Waals surface area contributed by atoms with Crippen molar-refractivity contribution in [3.05, 3.63) is 0 Å². The van der Waals surface area contributed by atoms with Gasteiger partial charge in [-0.15, -0.1) is 0 Å². The van der Waals surface area contributed by atoms with Gasteiger partial charge in [-0.1, -0.05) is 155 Å². The Balaban J connectivity index is 0. The second kappa shape index (κ2) is 29.8. The van der Waals surface area contributed by atoms with Crippen LogP contribution in [-0.4, -0.2) is 27.4 Å². The molecule has 0 saturated carbocycles. The lowest BCUT2D eigenvalue weighted by Gasteiger charge is -2.05. The molecule has 0 aliphatic carbocycles. The van der Waals surface area contributed by atoms with E-state index in [1.165, 1.54) is 135 Å². The quantitative estimate of drug-likeness (QED) is 0.112. The minimum atomic E-state index is -1.83. The van der Waals surface area contributed by atoms with Crippen molar-refractivity contribution in [2.45, 2.75) is 168 Å². The Hall–Kier alpha value is -1.26. The van der Waals surface area contributed by atoms with E-state index in [4.69, 9.17) is 20.1 Å². The summed E-state index contributed by atoms with van der Waals surface area (Å²) in [5, 5.41) is 22.5. The molecule has 0 spiro atoms. The summed E-state index contributed by atoms with van der Waals surface area (Å²) in [6.45, 7) is 4.67. The molecule has 34 heavy (non-hydrogen) atoms. The van der Waals surface area contributed by atoms with Crippen LogP contribution in [0.25, 0.3) is 0 Å². The number of hydrogen-bond acceptors (Lipinski definition) is 2. The fraction of sp³-hybridized carbons (Fsp3) is 0.931. The molecule has 0 aromatic rings. The smallest absolute Gasteiger partial charge is 0.481 e. The number of carboxylic acid groups (broad SMARTS) is 3. The third kappa shape index (κ3) is 41.0. The van der Waals surface area contributed by atoms with Crippen LogP contribution in [0.3, 0.4) is 0 Å². The Kier molecular flexibility index (Phi) is 30.6. The van der Waals surface area contributed by atoms with Crippen LogP contribution in [0, 0.1) is 5.92 Å². The molecule has 0 aromatic carbocycles. The molecule has 0 rings (SSSR count). The molecule has 0 atom stereocenters. The number of hydrogen-bond donors (Lipinski definition) is 3.